The number of aromatic nitrogens is 1. The quantitative estimate of drug-likeness (QED) is 0.724. The first-order chi connectivity index (χ1) is 13.0. The first-order valence-electron chi connectivity index (χ1n) is 9.28. The number of methoxy groups -OCH3 is 1. The van der Waals surface area contributed by atoms with Crippen LogP contribution in [0.15, 0.2) is 18.3 Å². The molecule has 1 heterocycles. The van der Waals surface area contributed by atoms with Crippen molar-refractivity contribution in [2.75, 3.05) is 17.6 Å². The standard InChI is InChI=1S/C20H28FN3O3S/c1-19(2,13-22)14-28(25,26)24-17-11-16(18(27-4)23-12-17)6-5-15-7-9-20(3,21)10-8-15/h5-6,11-12,15,24H,7-10,14H2,1-4H3/b6-5+. The van der Waals surface area contributed by atoms with E-state index in [0.29, 0.717) is 30.0 Å². The second kappa shape index (κ2) is 8.48. The van der Waals surface area contributed by atoms with Gasteiger partial charge in [0.2, 0.25) is 15.9 Å². The van der Waals surface area contributed by atoms with Crippen LogP contribution in [0.5, 0.6) is 5.88 Å². The summed E-state index contributed by atoms with van der Waals surface area (Å²) in [5.74, 6) is 0.325. The van der Waals surface area contributed by atoms with E-state index in [2.05, 4.69) is 9.71 Å². The number of allylic oxidation sites excluding steroid dienone is 1. The molecule has 0 saturated heterocycles. The maximum Gasteiger partial charge on any atom is 0.234 e. The van der Waals surface area contributed by atoms with Crippen molar-refractivity contribution >= 4 is 21.8 Å². The fourth-order valence-corrected chi connectivity index (χ4v) is 4.77. The van der Waals surface area contributed by atoms with E-state index in [1.54, 1.807) is 26.8 Å². The van der Waals surface area contributed by atoms with Crippen LogP contribution in [0.4, 0.5) is 10.1 Å². The minimum absolute atomic E-state index is 0.269. The Balaban J connectivity index is 2.15. The minimum Gasteiger partial charge on any atom is -0.481 e. The number of nitrogens with zero attached hydrogens (tertiary/aromatic N) is 2. The van der Waals surface area contributed by atoms with Crippen molar-refractivity contribution in [3.05, 3.63) is 23.9 Å². The highest BCUT2D eigenvalue weighted by Crippen LogP contribution is 2.35. The van der Waals surface area contributed by atoms with E-state index in [1.165, 1.54) is 13.3 Å². The number of sulfonamides is 1. The van der Waals surface area contributed by atoms with Gasteiger partial charge in [-0.15, -0.1) is 0 Å². The van der Waals surface area contributed by atoms with Gasteiger partial charge in [-0.2, -0.15) is 5.26 Å². The van der Waals surface area contributed by atoms with Crippen LogP contribution in [-0.2, 0) is 10.0 Å². The molecule has 2 rings (SSSR count). The van der Waals surface area contributed by atoms with Gasteiger partial charge in [0, 0.05) is 5.56 Å². The maximum absolute atomic E-state index is 13.9. The molecule has 1 aromatic rings. The van der Waals surface area contributed by atoms with E-state index in [0.717, 1.165) is 12.8 Å². The van der Waals surface area contributed by atoms with Gasteiger partial charge >= 0.3 is 0 Å². The molecule has 1 N–H and O–H groups in total. The Kier molecular flexibility index (Phi) is 6.71. The monoisotopic (exact) mass is 409 g/mol. The number of nitrogens with one attached hydrogen (secondary N) is 1. The molecule has 0 radical (unpaired) electrons. The number of ether oxygens (including phenoxy) is 1. The summed E-state index contributed by atoms with van der Waals surface area (Å²) < 4.78 is 46.3. The van der Waals surface area contributed by atoms with Crippen molar-refractivity contribution in [2.45, 2.75) is 52.1 Å². The molecule has 6 nitrogen and oxygen atoms in total. The zero-order chi connectivity index (χ0) is 21.0. The summed E-state index contributed by atoms with van der Waals surface area (Å²) in [6.07, 6.45) is 7.84. The Hall–Kier alpha value is -2.14. The van der Waals surface area contributed by atoms with Crippen LogP contribution in [0.1, 0.15) is 52.0 Å². The number of hydrogen-bond donors (Lipinski definition) is 1. The summed E-state index contributed by atoms with van der Waals surface area (Å²) in [5, 5.41) is 9.06. The normalized spacial score (nSPS) is 23.4. The van der Waals surface area contributed by atoms with Crippen LogP contribution in [0.25, 0.3) is 6.08 Å². The van der Waals surface area contributed by atoms with Gasteiger partial charge in [-0.3, -0.25) is 4.72 Å². The van der Waals surface area contributed by atoms with Crippen molar-refractivity contribution in [2.24, 2.45) is 11.3 Å². The topological polar surface area (TPSA) is 92.1 Å². The van der Waals surface area contributed by atoms with Crippen LogP contribution in [0.3, 0.4) is 0 Å². The molecule has 1 fully saturated rings. The molecule has 1 saturated carbocycles. The highest BCUT2D eigenvalue weighted by molar-refractivity contribution is 7.92. The Morgan fingerprint density at radius 3 is 2.68 bits per heavy atom. The molecule has 154 valence electrons. The lowest BCUT2D eigenvalue weighted by molar-refractivity contribution is 0.114. The average molecular weight is 410 g/mol. The molecule has 0 unspecified atom stereocenters. The lowest BCUT2D eigenvalue weighted by atomic mass is 9.81. The first kappa shape index (κ1) is 22.2. The van der Waals surface area contributed by atoms with Gasteiger partial charge in [-0.25, -0.2) is 17.8 Å². The number of nitriles is 1. The third kappa shape index (κ3) is 6.48. The second-order valence-electron chi connectivity index (χ2n) is 8.29. The third-order valence-electron chi connectivity index (χ3n) is 4.82. The number of halogens is 1. The summed E-state index contributed by atoms with van der Waals surface area (Å²) in [5.41, 5.74) is -1.15. The SMILES string of the molecule is COc1ncc(NS(=O)(=O)CC(C)(C)C#N)cc1/C=C/C1CCC(C)(F)CC1. The summed E-state index contributed by atoms with van der Waals surface area (Å²) in [7, 11) is -2.21. The smallest absolute Gasteiger partial charge is 0.234 e. The van der Waals surface area contributed by atoms with Gasteiger partial charge in [-0.1, -0.05) is 12.2 Å². The molecule has 1 aliphatic carbocycles. The van der Waals surface area contributed by atoms with Gasteiger partial charge in [0.05, 0.1) is 36.2 Å². The van der Waals surface area contributed by atoms with Gasteiger partial charge in [-0.05, 0) is 58.4 Å². The summed E-state index contributed by atoms with van der Waals surface area (Å²) in [6.45, 7) is 4.78. The molecular formula is C20H28FN3O3S. The highest BCUT2D eigenvalue weighted by Gasteiger charge is 2.29. The second-order valence-corrected chi connectivity index (χ2v) is 10.0. The summed E-state index contributed by atoms with van der Waals surface area (Å²) >= 11 is 0. The molecule has 0 aliphatic heterocycles. The number of pyridine rings is 1. The van der Waals surface area contributed by atoms with Gasteiger partial charge in [0.1, 0.15) is 5.67 Å². The van der Waals surface area contributed by atoms with Crippen LogP contribution >= 0.6 is 0 Å². The van der Waals surface area contributed by atoms with E-state index < -0.39 is 21.1 Å². The predicted octanol–water partition coefficient (Wildman–Crippen LogP) is 4.31. The van der Waals surface area contributed by atoms with E-state index in [1.807, 2.05) is 18.2 Å². The van der Waals surface area contributed by atoms with Crippen LogP contribution in [-0.4, -0.2) is 31.9 Å². The summed E-state index contributed by atoms with van der Waals surface area (Å²) in [4.78, 5) is 4.16. The molecule has 0 spiro atoms. The molecule has 1 aliphatic rings. The molecule has 8 heteroatoms. The Bertz CT molecular complexity index is 863. The molecule has 28 heavy (non-hydrogen) atoms. The zero-order valence-electron chi connectivity index (χ0n) is 16.8. The van der Waals surface area contributed by atoms with Crippen molar-refractivity contribution in [3.63, 3.8) is 0 Å². The molecule has 0 atom stereocenters. The van der Waals surface area contributed by atoms with E-state index in [4.69, 9.17) is 10.00 Å². The van der Waals surface area contributed by atoms with Gasteiger partial charge in [0.25, 0.3) is 0 Å². The van der Waals surface area contributed by atoms with E-state index >= 15 is 0 Å². The lowest BCUT2D eigenvalue weighted by Gasteiger charge is -2.29. The zero-order valence-corrected chi connectivity index (χ0v) is 17.6. The minimum atomic E-state index is -3.71. The van der Waals surface area contributed by atoms with Gasteiger partial charge in [0.15, 0.2) is 0 Å². The van der Waals surface area contributed by atoms with Crippen molar-refractivity contribution in [3.8, 4) is 11.9 Å². The van der Waals surface area contributed by atoms with Crippen LogP contribution in [0, 0.1) is 22.7 Å². The Morgan fingerprint density at radius 1 is 1.46 bits per heavy atom. The molecule has 0 aromatic carbocycles. The lowest BCUT2D eigenvalue weighted by Crippen LogP contribution is -2.27. The Morgan fingerprint density at radius 2 is 2.11 bits per heavy atom. The summed E-state index contributed by atoms with van der Waals surface area (Å²) in [6, 6.07) is 3.62. The predicted molar refractivity (Wildman–Crippen MR) is 108 cm³/mol. The van der Waals surface area contributed by atoms with Crippen molar-refractivity contribution in [1.29, 1.82) is 5.26 Å². The number of rotatable bonds is 7. The number of hydrogen-bond acceptors (Lipinski definition) is 5. The van der Waals surface area contributed by atoms with E-state index in [9.17, 15) is 12.8 Å². The van der Waals surface area contributed by atoms with Crippen molar-refractivity contribution < 1.29 is 17.5 Å². The molecule has 1 aromatic heterocycles. The third-order valence-corrected chi connectivity index (χ3v) is 6.47. The van der Waals surface area contributed by atoms with Crippen molar-refractivity contribution in [1.82, 2.24) is 4.98 Å². The fourth-order valence-electron chi connectivity index (χ4n) is 3.21. The number of alkyl halides is 1. The average Bonchev–Trinajstić information content (AvgIpc) is 2.59. The molecule has 0 bridgehead atoms. The molecule has 0 amide bonds. The highest BCUT2D eigenvalue weighted by atomic mass is 32.2. The van der Waals surface area contributed by atoms with Crippen LogP contribution in [0.2, 0.25) is 0 Å². The Labute approximate surface area is 166 Å². The van der Waals surface area contributed by atoms with Crippen LogP contribution < -0.4 is 9.46 Å². The largest absolute Gasteiger partial charge is 0.481 e. The molecular weight excluding hydrogens is 381 g/mol. The fraction of sp³-hybridized carbons (Fsp3) is 0.600. The number of anilines is 1. The first-order valence-corrected chi connectivity index (χ1v) is 10.9. The van der Waals surface area contributed by atoms with E-state index in [-0.39, 0.29) is 11.7 Å². The van der Waals surface area contributed by atoms with Gasteiger partial charge < -0.3 is 4.74 Å². The maximum atomic E-state index is 13.9.